The van der Waals surface area contributed by atoms with Gasteiger partial charge in [-0.1, -0.05) is 0 Å². The molecule has 1 saturated carbocycles. The van der Waals surface area contributed by atoms with E-state index in [1.807, 2.05) is 20.8 Å². The van der Waals surface area contributed by atoms with E-state index in [4.69, 9.17) is 5.11 Å². The van der Waals surface area contributed by atoms with Gasteiger partial charge in [0.1, 0.15) is 4.21 Å². The van der Waals surface area contributed by atoms with Crippen molar-refractivity contribution in [1.82, 2.24) is 4.72 Å². The van der Waals surface area contributed by atoms with Crippen LogP contribution in [0.25, 0.3) is 0 Å². The first kappa shape index (κ1) is 14.0. The summed E-state index contributed by atoms with van der Waals surface area (Å²) in [5.41, 5.74) is 0.433. The highest BCUT2D eigenvalue weighted by atomic mass is 32.2. The minimum atomic E-state index is -3.48. The minimum absolute atomic E-state index is 0.113. The van der Waals surface area contributed by atoms with Gasteiger partial charge in [0.05, 0.1) is 6.61 Å². The number of aliphatic hydroxyl groups excluding tert-OH is 1. The Morgan fingerprint density at radius 1 is 1.50 bits per heavy atom. The van der Waals surface area contributed by atoms with Crippen LogP contribution in [0.15, 0.2) is 10.3 Å². The van der Waals surface area contributed by atoms with Gasteiger partial charge >= 0.3 is 0 Å². The Morgan fingerprint density at radius 3 is 2.56 bits per heavy atom. The van der Waals surface area contributed by atoms with Crippen molar-refractivity contribution in [2.45, 2.75) is 50.0 Å². The number of aryl methyl sites for hydroxylation is 1. The van der Waals surface area contributed by atoms with E-state index < -0.39 is 15.6 Å². The van der Waals surface area contributed by atoms with Gasteiger partial charge < -0.3 is 5.11 Å². The summed E-state index contributed by atoms with van der Waals surface area (Å²) in [5, 5.41) is 9.12. The Kier molecular flexibility index (Phi) is 3.57. The predicted octanol–water partition coefficient (Wildman–Crippen LogP) is 2.02. The summed E-state index contributed by atoms with van der Waals surface area (Å²) in [5.74, 6) is 0.436. The average Bonchev–Trinajstić information content (AvgIpc) is 3.01. The van der Waals surface area contributed by atoms with Gasteiger partial charge in [0.25, 0.3) is 10.0 Å². The van der Waals surface area contributed by atoms with Gasteiger partial charge in [-0.25, -0.2) is 13.1 Å². The van der Waals surface area contributed by atoms with Crippen LogP contribution >= 0.6 is 11.3 Å². The molecule has 2 N–H and O–H groups in total. The molecular formula is C12H19NO3S2. The third kappa shape index (κ3) is 2.77. The third-order valence-electron chi connectivity index (χ3n) is 3.40. The molecule has 4 nitrogen and oxygen atoms in total. The highest BCUT2D eigenvalue weighted by Crippen LogP contribution is 2.40. The summed E-state index contributed by atoms with van der Waals surface area (Å²) >= 11 is 1.14. The van der Waals surface area contributed by atoms with Gasteiger partial charge in [-0.15, -0.1) is 11.3 Å². The second kappa shape index (κ2) is 4.59. The lowest BCUT2D eigenvalue weighted by Crippen LogP contribution is -2.44. The second-order valence-corrected chi connectivity index (χ2v) is 8.48. The van der Waals surface area contributed by atoms with E-state index in [0.29, 0.717) is 10.8 Å². The van der Waals surface area contributed by atoms with Crippen molar-refractivity contribution >= 4 is 21.4 Å². The van der Waals surface area contributed by atoms with Crippen molar-refractivity contribution in [2.75, 3.05) is 0 Å². The van der Waals surface area contributed by atoms with E-state index in [9.17, 15) is 8.42 Å². The highest BCUT2D eigenvalue weighted by Gasteiger charge is 2.41. The van der Waals surface area contributed by atoms with E-state index in [-0.39, 0.29) is 10.8 Å². The molecule has 0 aromatic carbocycles. The second-order valence-electron chi connectivity index (χ2n) is 5.43. The van der Waals surface area contributed by atoms with Gasteiger partial charge in [-0.05, 0) is 51.2 Å². The van der Waals surface area contributed by atoms with E-state index in [2.05, 4.69) is 4.72 Å². The molecule has 0 bridgehead atoms. The number of aliphatic hydroxyl groups is 1. The molecule has 2 rings (SSSR count). The van der Waals surface area contributed by atoms with E-state index in [0.717, 1.165) is 29.7 Å². The maximum Gasteiger partial charge on any atom is 0.250 e. The summed E-state index contributed by atoms with van der Waals surface area (Å²) in [4.78, 5) is 0.708. The van der Waals surface area contributed by atoms with Crippen molar-refractivity contribution in [3.8, 4) is 0 Å². The zero-order valence-corrected chi connectivity index (χ0v) is 12.5. The summed E-state index contributed by atoms with van der Waals surface area (Å²) < 4.78 is 27.6. The predicted molar refractivity (Wildman–Crippen MR) is 72.1 cm³/mol. The lowest BCUT2D eigenvalue weighted by Gasteiger charge is -2.25. The molecule has 1 aliphatic carbocycles. The highest BCUT2D eigenvalue weighted by molar-refractivity contribution is 7.91. The maximum atomic E-state index is 12.3. The number of hydrogen-bond acceptors (Lipinski definition) is 4. The number of hydrogen-bond donors (Lipinski definition) is 2. The molecule has 1 aliphatic rings. The lowest BCUT2D eigenvalue weighted by molar-refractivity contribution is 0.285. The van der Waals surface area contributed by atoms with Gasteiger partial charge in [-0.2, -0.15) is 0 Å². The Balaban J connectivity index is 2.24. The number of rotatable bonds is 5. The Labute approximate surface area is 112 Å². The fourth-order valence-corrected chi connectivity index (χ4v) is 4.98. The summed E-state index contributed by atoms with van der Waals surface area (Å²) in [6, 6.07) is 1.63. The first-order chi connectivity index (χ1) is 8.26. The van der Waals surface area contributed by atoms with Crippen LogP contribution in [0.3, 0.4) is 0 Å². The smallest absolute Gasteiger partial charge is 0.250 e. The van der Waals surface area contributed by atoms with Gasteiger partial charge in [0.2, 0.25) is 0 Å². The Bertz CT molecular complexity index is 542. The topological polar surface area (TPSA) is 66.4 Å². The molecule has 1 aromatic rings. The van der Waals surface area contributed by atoms with Gasteiger partial charge in [-0.3, -0.25) is 0 Å². The molecule has 1 aromatic heterocycles. The van der Waals surface area contributed by atoms with Crippen LogP contribution in [-0.4, -0.2) is 19.1 Å². The molecule has 6 heteroatoms. The summed E-state index contributed by atoms with van der Waals surface area (Å²) in [7, 11) is -3.48. The lowest BCUT2D eigenvalue weighted by atomic mass is 10.0. The van der Waals surface area contributed by atoms with E-state index in [1.165, 1.54) is 0 Å². The first-order valence-electron chi connectivity index (χ1n) is 6.00. The molecule has 102 valence electrons. The molecule has 18 heavy (non-hydrogen) atoms. The van der Waals surface area contributed by atoms with Crippen LogP contribution in [0.1, 0.15) is 37.1 Å². The molecule has 1 fully saturated rings. The van der Waals surface area contributed by atoms with E-state index >= 15 is 0 Å². The van der Waals surface area contributed by atoms with Crippen LogP contribution in [-0.2, 0) is 16.6 Å². The summed E-state index contributed by atoms with van der Waals surface area (Å²) in [6.07, 6.45) is 2.17. The quantitative estimate of drug-likeness (QED) is 0.871. The summed E-state index contributed by atoms with van der Waals surface area (Å²) in [6.45, 7) is 5.55. The molecule has 0 spiro atoms. The number of nitrogens with one attached hydrogen (secondary N) is 1. The Hall–Kier alpha value is -0.430. The SMILES string of the molecule is Cc1cc(S(=O)(=O)NC(C)(C)C2CC2)sc1CO. The fraction of sp³-hybridized carbons (Fsp3) is 0.667. The molecular weight excluding hydrogens is 270 g/mol. The van der Waals surface area contributed by atoms with Crippen molar-refractivity contribution in [3.63, 3.8) is 0 Å². The number of thiophene rings is 1. The molecule has 0 atom stereocenters. The van der Waals surface area contributed by atoms with Crippen molar-refractivity contribution < 1.29 is 13.5 Å². The van der Waals surface area contributed by atoms with Crippen molar-refractivity contribution in [2.24, 2.45) is 5.92 Å². The minimum Gasteiger partial charge on any atom is -0.391 e. The van der Waals surface area contributed by atoms with Crippen LogP contribution < -0.4 is 4.72 Å². The zero-order valence-electron chi connectivity index (χ0n) is 10.9. The number of sulfonamides is 1. The molecule has 0 amide bonds. The molecule has 1 heterocycles. The molecule has 0 unspecified atom stereocenters. The normalized spacial score (nSPS) is 17.1. The van der Waals surface area contributed by atoms with Crippen LogP contribution in [0.4, 0.5) is 0 Å². The molecule has 0 radical (unpaired) electrons. The van der Waals surface area contributed by atoms with E-state index in [1.54, 1.807) is 6.07 Å². The molecule has 0 saturated heterocycles. The first-order valence-corrected chi connectivity index (χ1v) is 8.30. The van der Waals surface area contributed by atoms with Gasteiger partial charge in [0, 0.05) is 10.4 Å². The Morgan fingerprint density at radius 2 is 2.11 bits per heavy atom. The van der Waals surface area contributed by atoms with Gasteiger partial charge in [0.15, 0.2) is 0 Å². The standard InChI is InChI=1S/C12H19NO3S2/c1-8-6-11(17-10(8)7-14)18(15,16)13-12(2,3)9-4-5-9/h6,9,13-14H,4-5,7H2,1-3H3. The fourth-order valence-electron chi connectivity index (χ4n) is 2.06. The average molecular weight is 289 g/mol. The molecule has 0 aliphatic heterocycles. The van der Waals surface area contributed by atoms with Crippen molar-refractivity contribution in [3.05, 3.63) is 16.5 Å². The van der Waals surface area contributed by atoms with Crippen LogP contribution in [0, 0.1) is 12.8 Å². The van der Waals surface area contributed by atoms with Crippen molar-refractivity contribution in [1.29, 1.82) is 0 Å². The zero-order chi connectivity index (χ0) is 13.6. The van der Waals surface area contributed by atoms with Crippen LogP contribution in [0.5, 0.6) is 0 Å². The maximum absolute atomic E-state index is 12.3. The van der Waals surface area contributed by atoms with Crippen LogP contribution in [0.2, 0.25) is 0 Å². The monoisotopic (exact) mass is 289 g/mol. The largest absolute Gasteiger partial charge is 0.391 e. The third-order valence-corrected chi connectivity index (χ3v) is 6.77.